The van der Waals surface area contributed by atoms with Crippen LogP contribution in [0.4, 0.5) is 0 Å². The van der Waals surface area contributed by atoms with Crippen molar-refractivity contribution >= 4 is 27.7 Å². The lowest BCUT2D eigenvalue weighted by molar-refractivity contribution is -0.144. The third kappa shape index (κ3) is 4.45. The Bertz CT molecular complexity index is 736. The molecule has 0 saturated carbocycles. The molecule has 0 unspecified atom stereocenters. The summed E-state index contributed by atoms with van der Waals surface area (Å²) in [7, 11) is 1.89. The minimum Gasteiger partial charge on any atom is -0.482 e. The second-order valence-corrected chi connectivity index (χ2v) is 6.09. The average Bonchev–Trinajstić information content (AvgIpc) is 2.78. The summed E-state index contributed by atoms with van der Waals surface area (Å²) in [5.41, 5.74) is 2.41. The minimum atomic E-state index is -0.580. The molecule has 2 aromatic rings. The molecule has 5 nitrogen and oxygen atoms in total. The second kappa shape index (κ2) is 7.46. The molecule has 0 fully saturated rings. The lowest BCUT2D eigenvalue weighted by Gasteiger charge is -2.07. The summed E-state index contributed by atoms with van der Waals surface area (Å²) in [5, 5.41) is 0. The number of aryl methyl sites for hydroxylation is 1. The number of carbonyl (C=O) groups excluding carboxylic acids is 2. The van der Waals surface area contributed by atoms with E-state index in [0.717, 1.165) is 15.9 Å². The number of hydrogen-bond acceptors (Lipinski definition) is 4. The largest absolute Gasteiger partial charge is 0.482 e. The maximum atomic E-state index is 12.1. The van der Waals surface area contributed by atoms with Gasteiger partial charge in [0.05, 0.1) is 0 Å². The Kier molecular flexibility index (Phi) is 5.60. The van der Waals surface area contributed by atoms with Gasteiger partial charge in [0.2, 0.25) is 5.78 Å². The van der Waals surface area contributed by atoms with E-state index in [1.54, 1.807) is 24.3 Å². The van der Waals surface area contributed by atoms with Crippen molar-refractivity contribution < 1.29 is 19.1 Å². The third-order valence-corrected chi connectivity index (χ3v) is 4.09. The highest BCUT2D eigenvalue weighted by molar-refractivity contribution is 9.10. The molecule has 0 aliphatic carbocycles. The fraction of sp³-hybridized carbons (Fsp3) is 0.294. The Balaban J connectivity index is 1.84. The highest BCUT2D eigenvalue weighted by atomic mass is 79.9. The van der Waals surface area contributed by atoms with Crippen LogP contribution in [0.25, 0.3) is 0 Å². The quantitative estimate of drug-likeness (QED) is 0.571. The molecule has 6 heteroatoms. The second-order valence-electron chi connectivity index (χ2n) is 5.17. The van der Waals surface area contributed by atoms with Crippen molar-refractivity contribution in [3.63, 3.8) is 0 Å². The van der Waals surface area contributed by atoms with Gasteiger partial charge < -0.3 is 14.0 Å². The number of Topliss-reactive ketones (excluding diaryl/α,β-unsaturated/α-hetero) is 1. The number of nitrogens with zero attached hydrogens (tertiary/aromatic N) is 1. The normalized spacial score (nSPS) is 10.4. The molecule has 0 aliphatic rings. The molecule has 0 atom stereocenters. The molecule has 0 radical (unpaired) electrons. The standard InChI is InChI=1S/C17H18BrNO4/c1-11-7-15(12(2)19(11)3)16(20)9-23-17(21)10-22-14-6-4-5-13(18)8-14/h4-8H,9-10H2,1-3H3. The zero-order valence-corrected chi connectivity index (χ0v) is 14.8. The van der Waals surface area contributed by atoms with Crippen molar-refractivity contribution in [2.24, 2.45) is 7.05 Å². The number of ether oxygens (including phenoxy) is 2. The average molecular weight is 380 g/mol. The number of hydrogen-bond donors (Lipinski definition) is 0. The number of aromatic nitrogens is 1. The van der Waals surface area contributed by atoms with E-state index in [0.29, 0.717) is 11.3 Å². The Morgan fingerprint density at radius 2 is 1.91 bits per heavy atom. The fourth-order valence-electron chi connectivity index (χ4n) is 2.10. The van der Waals surface area contributed by atoms with Crippen LogP contribution in [0.5, 0.6) is 5.75 Å². The molecular weight excluding hydrogens is 362 g/mol. The van der Waals surface area contributed by atoms with E-state index >= 15 is 0 Å². The van der Waals surface area contributed by atoms with E-state index in [4.69, 9.17) is 9.47 Å². The number of ketones is 1. The summed E-state index contributed by atoms with van der Waals surface area (Å²) in [6.45, 7) is 3.25. The predicted octanol–water partition coefficient (Wildman–Crippen LogP) is 3.21. The van der Waals surface area contributed by atoms with Crippen LogP contribution in [0.15, 0.2) is 34.8 Å². The predicted molar refractivity (Wildman–Crippen MR) is 89.8 cm³/mol. The monoisotopic (exact) mass is 379 g/mol. The van der Waals surface area contributed by atoms with Crippen LogP contribution in [0.2, 0.25) is 0 Å². The Morgan fingerprint density at radius 3 is 2.52 bits per heavy atom. The van der Waals surface area contributed by atoms with Gasteiger partial charge in [-0.1, -0.05) is 22.0 Å². The van der Waals surface area contributed by atoms with Crippen LogP contribution in [-0.4, -0.2) is 29.5 Å². The molecule has 0 N–H and O–H groups in total. The molecule has 1 heterocycles. The zero-order valence-electron chi connectivity index (χ0n) is 13.3. The minimum absolute atomic E-state index is 0.220. The molecule has 0 aliphatic heterocycles. The lowest BCUT2D eigenvalue weighted by atomic mass is 10.1. The summed E-state index contributed by atoms with van der Waals surface area (Å²) in [6.07, 6.45) is 0. The van der Waals surface area contributed by atoms with Crippen LogP contribution in [0.1, 0.15) is 21.7 Å². The van der Waals surface area contributed by atoms with Gasteiger partial charge in [0.1, 0.15) is 5.75 Å². The van der Waals surface area contributed by atoms with E-state index in [2.05, 4.69) is 15.9 Å². The maximum Gasteiger partial charge on any atom is 0.344 e. The molecule has 0 spiro atoms. The first-order chi connectivity index (χ1) is 10.9. The number of halogens is 1. The van der Waals surface area contributed by atoms with Crippen molar-refractivity contribution in [1.82, 2.24) is 4.57 Å². The van der Waals surface area contributed by atoms with E-state index in [1.807, 2.05) is 31.5 Å². The number of benzene rings is 1. The molecule has 2 rings (SSSR count). The summed E-state index contributed by atoms with van der Waals surface area (Å²) in [4.78, 5) is 23.8. The highest BCUT2D eigenvalue weighted by Gasteiger charge is 2.16. The SMILES string of the molecule is Cc1cc(C(=O)COC(=O)COc2cccc(Br)c2)c(C)n1C. The first-order valence-corrected chi connectivity index (χ1v) is 7.88. The van der Waals surface area contributed by atoms with E-state index in [1.165, 1.54) is 0 Å². The molecule has 0 saturated heterocycles. The molecule has 122 valence electrons. The van der Waals surface area contributed by atoms with E-state index < -0.39 is 5.97 Å². The summed E-state index contributed by atoms with van der Waals surface area (Å²) >= 11 is 3.32. The topological polar surface area (TPSA) is 57.5 Å². The fourth-order valence-corrected chi connectivity index (χ4v) is 2.48. The van der Waals surface area contributed by atoms with E-state index in [9.17, 15) is 9.59 Å². The molecule has 0 bridgehead atoms. The highest BCUT2D eigenvalue weighted by Crippen LogP contribution is 2.17. The Morgan fingerprint density at radius 1 is 1.17 bits per heavy atom. The van der Waals surface area contributed by atoms with Gasteiger partial charge in [-0.2, -0.15) is 0 Å². The van der Waals surface area contributed by atoms with Crippen LogP contribution < -0.4 is 4.74 Å². The van der Waals surface area contributed by atoms with Crippen molar-refractivity contribution in [2.45, 2.75) is 13.8 Å². The zero-order chi connectivity index (χ0) is 17.0. The third-order valence-electron chi connectivity index (χ3n) is 3.59. The summed E-state index contributed by atoms with van der Waals surface area (Å²) in [6, 6.07) is 8.93. The first-order valence-electron chi connectivity index (χ1n) is 7.08. The van der Waals surface area contributed by atoms with Crippen molar-refractivity contribution in [1.29, 1.82) is 0 Å². The van der Waals surface area contributed by atoms with Gasteiger partial charge in [-0.3, -0.25) is 4.79 Å². The van der Waals surface area contributed by atoms with Crippen LogP contribution in [0, 0.1) is 13.8 Å². The molecule has 1 aromatic carbocycles. The Hall–Kier alpha value is -2.08. The number of carbonyl (C=O) groups is 2. The molecule has 1 aromatic heterocycles. The van der Waals surface area contributed by atoms with Crippen molar-refractivity contribution in [3.8, 4) is 5.75 Å². The van der Waals surface area contributed by atoms with Crippen LogP contribution in [0.3, 0.4) is 0 Å². The van der Waals surface area contributed by atoms with Gasteiger partial charge >= 0.3 is 5.97 Å². The Labute approximate surface area is 143 Å². The van der Waals surface area contributed by atoms with Crippen LogP contribution in [-0.2, 0) is 16.6 Å². The van der Waals surface area contributed by atoms with Gasteiger partial charge in [0.15, 0.2) is 13.2 Å². The van der Waals surface area contributed by atoms with Gasteiger partial charge in [-0.05, 0) is 38.1 Å². The van der Waals surface area contributed by atoms with Gasteiger partial charge in [-0.15, -0.1) is 0 Å². The van der Waals surface area contributed by atoms with Gasteiger partial charge in [-0.25, -0.2) is 4.79 Å². The lowest BCUT2D eigenvalue weighted by Crippen LogP contribution is -2.19. The molecule has 23 heavy (non-hydrogen) atoms. The van der Waals surface area contributed by atoms with Crippen molar-refractivity contribution in [3.05, 3.63) is 51.8 Å². The summed E-state index contributed by atoms with van der Waals surface area (Å²) in [5.74, 6) is -0.247. The van der Waals surface area contributed by atoms with Crippen molar-refractivity contribution in [2.75, 3.05) is 13.2 Å². The van der Waals surface area contributed by atoms with E-state index in [-0.39, 0.29) is 19.0 Å². The first kappa shape index (κ1) is 17.3. The number of rotatable bonds is 6. The molecular formula is C17H18BrNO4. The number of esters is 1. The summed E-state index contributed by atoms with van der Waals surface area (Å²) < 4.78 is 13.1. The van der Waals surface area contributed by atoms with Gasteiger partial charge in [0, 0.05) is 28.5 Å². The van der Waals surface area contributed by atoms with Gasteiger partial charge in [0.25, 0.3) is 0 Å². The smallest absolute Gasteiger partial charge is 0.344 e. The molecule has 0 amide bonds. The maximum absolute atomic E-state index is 12.1. The van der Waals surface area contributed by atoms with Crippen LogP contribution >= 0.6 is 15.9 Å².